The van der Waals surface area contributed by atoms with Crippen molar-refractivity contribution < 1.29 is 4.74 Å². The van der Waals surface area contributed by atoms with E-state index in [2.05, 4.69) is 57.2 Å². The van der Waals surface area contributed by atoms with E-state index in [9.17, 15) is 0 Å². The van der Waals surface area contributed by atoms with Gasteiger partial charge >= 0.3 is 0 Å². The van der Waals surface area contributed by atoms with Gasteiger partial charge < -0.3 is 4.74 Å². The van der Waals surface area contributed by atoms with Gasteiger partial charge in [-0.2, -0.15) is 0 Å². The van der Waals surface area contributed by atoms with Crippen LogP contribution in [0.3, 0.4) is 0 Å². The van der Waals surface area contributed by atoms with Gasteiger partial charge in [0.05, 0.1) is 13.0 Å². The summed E-state index contributed by atoms with van der Waals surface area (Å²) in [6.07, 6.45) is 2.21. The molecule has 0 bridgehead atoms. The predicted molar refractivity (Wildman–Crippen MR) is 71.6 cm³/mol. The van der Waals surface area contributed by atoms with Gasteiger partial charge in [-0.3, -0.25) is 0 Å². The van der Waals surface area contributed by atoms with Crippen LogP contribution in [0.1, 0.15) is 34.6 Å². The monoisotopic (exact) mass is 316 g/mol. The van der Waals surface area contributed by atoms with Crippen LogP contribution in [0.25, 0.3) is 0 Å². The molecule has 3 heteroatoms. The molecule has 0 aliphatic carbocycles. The Kier molecular flexibility index (Phi) is 6.38. The lowest BCUT2D eigenvalue weighted by atomic mass is 10.0. The minimum atomic E-state index is 0.282. The Labute approximate surface area is 98.3 Å². The second-order valence-corrected chi connectivity index (χ2v) is 9.26. The predicted octanol–water partition coefficient (Wildman–Crippen LogP) is 3.90. The molecule has 0 fully saturated rings. The van der Waals surface area contributed by atoms with E-state index in [1.165, 1.54) is 6.16 Å². The molecule has 0 aromatic heterocycles. The molecule has 0 aliphatic rings. The maximum absolute atomic E-state index is 5.60. The molecule has 0 aromatic rings. The Hall–Kier alpha value is 1.12. The summed E-state index contributed by atoms with van der Waals surface area (Å²) in [5, 5.41) is 0. The van der Waals surface area contributed by atoms with E-state index < -0.39 is 0 Å². The first-order chi connectivity index (χ1) is 5.71. The lowest BCUT2D eigenvalue weighted by Gasteiger charge is -2.19. The van der Waals surface area contributed by atoms with Crippen LogP contribution in [-0.4, -0.2) is 22.5 Å². The summed E-state index contributed by atoms with van der Waals surface area (Å²) in [4.78, 5) is 0. The topological polar surface area (TPSA) is 9.23 Å². The highest BCUT2D eigenvalue weighted by atomic mass is 127. The number of hydrogen-bond acceptors (Lipinski definition) is 1. The SMILES string of the molecule is CC(C)(C)CPCOCC(C)(C)I. The van der Waals surface area contributed by atoms with Gasteiger partial charge in [0, 0.05) is 3.42 Å². The zero-order chi connectivity index (χ0) is 10.5. The smallest absolute Gasteiger partial charge is 0.0631 e. The highest BCUT2D eigenvalue weighted by Crippen LogP contribution is 2.25. The lowest BCUT2D eigenvalue weighted by molar-refractivity contribution is 0.167. The van der Waals surface area contributed by atoms with Gasteiger partial charge in [0.2, 0.25) is 0 Å². The van der Waals surface area contributed by atoms with Crippen molar-refractivity contribution in [1.82, 2.24) is 0 Å². The normalized spacial score (nSPS) is 14.3. The fourth-order valence-electron chi connectivity index (χ4n) is 0.792. The minimum absolute atomic E-state index is 0.282. The Bertz CT molecular complexity index is 119. The van der Waals surface area contributed by atoms with E-state index in [1.807, 2.05) is 0 Å². The van der Waals surface area contributed by atoms with Crippen LogP contribution >= 0.6 is 31.2 Å². The molecule has 0 saturated carbocycles. The van der Waals surface area contributed by atoms with E-state index in [0.29, 0.717) is 5.41 Å². The largest absolute Gasteiger partial charge is 0.376 e. The minimum Gasteiger partial charge on any atom is -0.376 e. The molecular weight excluding hydrogens is 294 g/mol. The molecule has 80 valence electrons. The average molecular weight is 316 g/mol. The maximum Gasteiger partial charge on any atom is 0.0631 e. The number of halogens is 1. The van der Waals surface area contributed by atoms with Crippen LogP contribution in [0.5, 0.6) is 0 Å². The van der Waals surface area contributed by atoms with Gasteiger partial charge in [-0.1, -0.05) is 51.9 Å². The highest BCUT2D eigenvalue weighted by molar-refractivity contribution is 14.1. The van der Waals surface area contributed by atoms with Gasteiger partial charge in [0.25, 0.3) is 0 Å². The summed E-state index contributed by atoms with van der Waals surface area (Å²) in [7, 11) is 0.944. The van der Waals surface area contributed by atoms with Gasteiger partial charge in [-0.25, -0.2) is 0 Å². The summed E-state index contributed by atoms with van der Waals surface area (Å²) in [5.74, 6) is 0. The van der Waals surface area contributed by atoms with Crippen LogP contribution in [0, 0.1) is 5.41 Å². The quantitative estimate of drug-likeness (QED) is 0.323. The maximum atomic E-state index is 5.60. The van der Waals surface area contributed by atoms with E-state index in [-0.39, 0.29) is 3.42 Å². The van der Waals surface area contributed by atoms with Gasteiger partial charge in [0.1, 0.15) is 0 Å². The van der Waals surface area contributed by atoms with Crippen LogP contribution in [0.15, 0.2) is 0 Å². The molecule has 0 N–H and O–H groups in total. The first-order valence-electron chi connectivity index (χ1n) is 4.68. The molecule has 0 aliphatic heterocycles. The molecule has 0 rings (SSSR count). The van der Waals surface area contributed by atoms with E-state index in [1.54, 1.807) is 0 Å². The summed E-state index contributed by atoms with van der Waals surface area (Å²) >= 11 is 2.42. The van der Waals surface area contributed by atoms with Crippen molar-refractivity contribution >= 4 is 31.2 Å². The fourth-order valence-corrected chi connectivity index (χ4v) is 2.11. The fraction of sp³-hybridized carbons (Fsp3) is 1.00. The third-order valence-electron chi connectivity index (χ3n) is 1.30. The Balaban J connectivity index is 3.28. The number of ether oxygens (including phenoxy) is 1. The Morgan fingerprint density at radius 2 is 1.69 bits per heavy atom. The van der Waals surface area contributed by atoms with Crippen LogP contribution < -0.4 is 0 Å². The van der Waals surface area contributed by atoms with Crippen molar-refractivity contribution in [2.24, 2.45) is 5.41 Å². The summed E-state index contributed by atoms with van der Waals surface area (Å²) in [6.45, 7) is 12.1. The van der Waals surface area contributed by atoms with Gasteiger partial charge in [-0.15, -0.1) is 0 Å². The number of hydrogen-bond donors (Lipinski definition) is 0. The van der Waals surface area contributed by atoms with E-state index >= 15 is 0 Å². The third kappa shape index (κ3) is 13.1. The molecule has 13 heavy (non-hydrogen) atoms. The molecule has 1 nitrogen and oxygen atoms in total. The summed E-state index contributed by atoms with van der Waals surface area (Å²) in [5.41, 5.74) is 0.460. The van der Waals surface area contributed by atoms with Crippen molar-refractivity contribution in [3.05, 3.63) is 0 Å². The third-order valence-corrected chi connectivity index (χ3v) is 3.34. The molecule has 1 atom stereocenters. The van der Waals surface area contributed by atoms with Gasteiger partial charge in [-0.05, 0) is 25.4 Å². The van der Waals surface area contributed by atoms with Crippen molar-refractivity contribution in [3.8, 4) is 0 Å². The Morgan fingerprint density at radius 1 is 1.15 bits per heavy atom. The van der Waals surface area contributed by atoms with Crippen LogP contribution in [-0.2, 0) is 4.74 Å². The average Bonchev–Trinajstić information content (AvgIpc) is 1.81. The summed E-state index contributed by atoms with van der Waals surface area (Å²) in [6, 6.07) is 0. The van der Waals surface area contributed by atoms with E-state index in [4.69, 9.17) is 4.74 Å². The standard InChI is InChI=1S/C10H22IOP/c1-9(2,3)7-13-8-12-6-10(4,5)11/h13H,6-8H2,1-5H3. The second kappa shape index (κ2) is 5.87. The second-order valence-electron chi connectivity index (χ2n) is 5.20. The van der Waals surface area contributed by atoms with E-state index in [0.717, 1.165) is 21.5 Å². The Morgan fingerprint density at radius 3 is 2.08 bits per heavy atom. The van der Waals surface area contributed by atoms with Crippen LogP contribution in [0.2, 0.25) is 0 Å². The summed E-state index contributed by atoms with van der Waals surface area (Å²) < 4.78 is 5.88. The lowest BCUT2D eigenvalue weighted by Crippen LogP contribution is -2.18. The molecule has 0 amide bonds. The molecule has 1 unspecified atom stereocenters. The molecule has 0 spiro atoms. The molecule has 0 radical (unpaired) electrons. The first kappa shape index (κ1) is 14.1. The highest BCUT2D eigenvalue weighted by Gasteiger charge is 2.13. The van der Waals surface area contributed by atoms with Crippen molar-refractivity contribution in [2.75, 3.05) is 19.1 Å². The van der Waals surface area contributed by atoms with Crippen molar-refractivity contribution in [2.45, 2.75) is 38.0 Å². The molecule has 0 aromatic carbocycles. The zero-order valence-corrected chi connectivity index (χ0v) is 12.6. The zero-order valence-electron chi connectivity index (χ0n) is 9.41. The van der Waals surface area contributed by atoms with Crippen LogP contribution in [0.4, 0.5) is 0 Å². The molecule has 0 saturated heterocycles. The van der Waals surface area contributed by atoms with Gasteiger partial charge in [0.15, 0.2) is 0 Å². The first-order valence-corrected chi connectivity index (χ1v) is 7.17. The van der Waals surface area contributed by atoms with Crippen molar-refractivity contribution in [3.63, 3.8) is 0 Å². The number of alkyl halides is 1. The molecular formula is C10H22IOP. The van der Waals surface area contributed by atoms with Crippen molar-refractivity contribution in [1.29, 1.82) is 0 Å². The number of rotatable bonds is 5. The molecule has 0 heterocycles.